The van der Waals surface area contributed by atoms with Crippen LogP contribution in [0.2, 0.25) is 0 Å². The summed E-state index contributed by atoms with van der Waals surface area (Å²) in [4.78, 5) is 2.55. The highest BCUT2D eigenvalue weighted by atomic mass is 32.2. The van der Waals surface area contributed by atoms with Gasteiger partial charge in [0.2, 0.25) is 10.0 Å². The average Bonchev–Trinajstić information content (AvgIpc) is 2.46. The average molecular weight is 306 g/mol. The van der Waals surface area contributed by atoms with Crippen LogP contribution in [-0.4, -0.2) is 62.9 Å². The fourth-order valence-corrected chi connectivity index (χ4v) is 4.18. The van der Waals surface area contributed by atoms with Crippen molar-refractivity contribution in [1.82, 2.24) is 14.5 Å². The number of hydrogen-bond acceptors (Lipinski definition) is 5. The molecular weight excluding hydrogens is 288 g/mol. The molecule has 2 fully saturated rings. The molecule has 0 spiro atoms. The van der Waals surface area contributed by atoms with Crippen LogP contribution in [0.1, 0.15) is 5.56 Å². The molecule has 7 heteroatoms. The van der Waals surface area contributed by atoms with Gasteiger partial charge in [-0.3, -0.25) is 4.90 Å². The van der Waals surface area contributed by atoms with Crippen molar-refractivity contribution in [2.75, 3.05) is 39.3 Å². The molecule has 0 radical (unpaired) electrons. The summed E-state index contributed by atoms with van der Waals surface area (Å²) in [6, 6.07) is 8.75. The van der Waals surface area contributed by atoms with Crippen LogP contribution in [0.25, 0.3) is 0 Å². The van der Waals surface area contributed by atoms with Gasteiger partial charge in [0.1, 0.15) is 0 Å². The quantitative estimate of drug-likeness (QED) is 0.839. The largest absolute Gasteiger partial charge is 0.314 e. The van der Waals surface area contributed by atoms with Gasteiger partial charge in [0.05, 0.1) is 16.5 Å². The van der Waals surface area contributed by atoms with Gasteiger partial charge < -0.3 is 5.32 Å². The first-order chi connectivity index (χ1) is 10.1. The van der Waals surface area contributed by atoms with E-state index in [9.17, 15) is 8.42 Å². The van der Waals surface area contributed by atoms with Crippen LogP contribution in [0, 0.1) is 11.3 Å². The molecule has 0 atom stereocenters. The van der Waals surface area contributed by atoms with Gasteiger partial charge in [-0.1, -0.05) is 6.07 Å². The molecule has 0 amide bonds. The van der Waals surface area contributed by atoms with Crippen LogP contribution in [0.15, 0.2) is 29.2 Å². The van der Waals surface area contributed by atoms with Gasteiger partial charge in [-0.2, -0.15) is 9.57 Å². The fourth-order valence-electron chi connectivity index (χ4n) is 2.72. The summed E-state index contributed by atoms with van der Waals surface area (Å²) < 4.78 is 26.7. The lowest BCUT2D eigenvalue weighted by atomic mass is 10.1. The van der Waals surface area contributed by atoms with Crippen LogP contribution in [0.4, 0.5) is 0 Å². The highest BCUT2D eigenvalue weighted by Gasteiger charge is 2.32. The lowest BCUT2D eigenvalue weighted by Gasteiger charge is -2.42. The van der Waals surface area contributed by atoms with Crippen LogP contribution in [0.5, 0.6) is 0 Å². The van der Waals surface area contributed by atoms with Gasteiger partial charge in [-0.05, 0) is 18.2 Å². The minimum Gasteiger partial charge on any atom is -0.314 e. The molecule has 0 saturated carbocycles. The molecule has 2 saturated heterocycles. The zero-order valence-corrected chi connectivity index (χ0v) is 12.5. The third-order valence-electron chi connectivity index (χ3n) is 4.15. The van der Waals surface area contributed by atoms with Crippen molar-refractivity contribution in [2.45, 2.75) is 10.9 Å². The predicted octanol–water partition coefficient (Wildman–Crippen LogP) is -0.164. The standard InChI is InChI=1S/C14H18N4O2S/c15-9-12-2-1-3-14(8-12)21(19,20)18-6-4-17(5-7-18)13-10-16-11-13/h1-3,8,13,16H,4-7,10-11H2. The van der Waals surface area contributed by atoms with E-state index in [2.05, 4.69) is 10.2 Å². The maximum atomic E-state index is 12.6. The minimum atomic E-state index is -3.49. The minimum absolute atomic E-state index is 0.209. The van der Waals surface area contributed by atoms with E-state index in [0.29, 0.717) is 24.7 Å². The Kier molecular flexibility index (Phi) is 3.95. The third-order valence-corrected chi connectivity index (χ3v) is 6.05. The molecule has 2 aliphatic heterocycles. The second-order valence-electron chi connectivity index (χ2n) is 5.39. The van der Waals surface area contributed by atoms with Crippen molar-refractivity contribution < 1.29 is 8.42 Å². The molecule has 0 unspecified atom stereocenters. The second kappa shape index (κ2) is 5.73. The molecule has 0 bridgehead atoms. The summed E-state index contributed by atoms with van der Waals surface area (Å²) in [6.07, 6.45) is 0. The molecular formula is C14H18N4O2S. The fraction of sp³-hybridized carbons (Fsp3) is 0.500. The Balaban J connectivity index is 1.72. The first-order valence-corrected chi connectivity index (χ1v) is 8.50. The summed E-state index contributed by atoms with van der Waals surface area (Å²) in [5.41, 5.74) is 0.371. The number of sulfonamides is 1. The highest BCUT2D eigenvalue weighted by Crippen LogP contribution is 2.19. The number of benzene rings is 1. The van der Waals surface area contributed by atoms with E-state index in [0.717, 1.165) is 26.2 Å². The van der Waals surface area contributed by atoms with Gasteiger partial charge in [-0.25, -0.2) is 8.42 Å². The maximum absolute atomic E-state index is 12.6. The molecule has 2 heterocycles. The van der Waals surface area contributed by atoms with Crippen LogP contribution in [-0.2, 0) is 10.0 Å². The maximum Gasteiger partial charge on any atom is 0.243 e. The van der Waals surface area contributed by atoms with Crippen molar-refractivity contribution in [3.8, 4) is 6.07 Å². The zero-order chi connectivity index (χ0) is 14.9. The Morgan fingerprint density at radius 2 is 1.90 bits per heavy atom. The lowest BCUT2D eigenvalue weighted by Crippen LogP contribution is -2.62. The molecule has 0 aliphatic carbocycles. The van der Waals surface area contributed by atoms with Crippen molar-refractivity contribution >= 4 is 10.0 Å². The SMILES string of the molecule is N#Cc1cccc(S(=O)(=O)N2CCN(C3CNC3)CC2)c1. The molecule has 1 N–H and O–H groups in total. The summed E-state index contributed by atoms with van der Waals surface area (Å²) in [5, 5.41) is 12.1. The van der Waals surface area contributed by atoms with Gasteiger partial charge >= 0.3 is 0 Å². The number of hydrogen-bond donors (Lipinski definition) is 1. The zero-order valence-electron chi connectivity index (χ0n) is 11.7. The molecule has 6 nitrogen and oxygen atoms in total. The van der Waals surface area contributed by atoms with Crippen molar-refractivity contribution in [2.24, 2.45) is 0 Å². The molecule has 2 aliphatic rings. The summed E-state index contributed by atoms with van der Waals surface area (Å²) in [7, 11) is -3.49. The van der Waals surface area contributed by atoms with Crippen LogP contribution < -0.4 is 5.32 Å². The van der Waals surface area contributed by atoms with Crippen molar-refractivity contribution in [3.05, 3.63) is 29.8 Å². The predicted molar refractivity (Wildman–Crippen MR) is 78.1 cm³/mol. The summed E-state index contributed by atoms with van der Waals surface area (Å²) in [6.45, 7) is 4.55. The summed E-state index contributed by atoms with van der Waals surface area (Å²) >= 11 is 0. The number of nitriles is 1. The first-order valence-electron chi connectivity index (χ1n) is 7.06. The molecule has 21 heavy (non-hydrogen) atoms. The van der Waals surface area contributed by atoms with Crippen LogP contribution >= 0.6 is 0 Å². The Labute approximate surface area is 125 Å². The van der Waals surface area contributed by atoms with Crippen LogP contribution in [0.3, 0.4) is 0 Å². The monoisotopic (exact) mass is 306 g/mol. The molecule has 1 aromatic carbocycles. The Bertz CT molecular complexity index is 656. The first kappa shape index (κ1) is 14.5. The van der Waals surface area contributed by atoms with Crippen molar-refractivity contribution in [3.63, 3.8) is 0 Å². The Hall–Kier alpha value is -1.46. The smallest absolute Gasteiger partial charge is 0.243 e. The highest BCUT2D eigenvalue weighted by molar-refractivity contribution is 7.89. The normalized spacial score (nSPS) is 21.7. The molecule has 3 rings (SSSR count). The van der Waals surface area contributed by atoms with E-state index >= 15 is 0 Å². The number of nitrogens with zero attached hydrogens (tertiary/aromatic N) is 3. The second-order valence-corrected chi connectivity index (χ2v) is 7.33. The van der Waals surface area contributed by atoms with Gasteiger partial charge in [0, 0.05) is 45.3 Å². The molecule has 0 aromatic heterocycles. The summed E-state index contributed by atoms with van der Waals surface area (Å²) in [5.74, 6) is 0. The van der Waals surface area contributed by atoms with E-state index in [1.807, 2.05) is 6.07 Å². The molecule has 112 valence electrons. The third kappa shape index (κ3) is 2.80. The molecule has 1 aromatic rings. The van der Waals surface area contributed by atoms with E-state index < -0.39 is 10.0 Å². The van der Waals surface area contributed by atoms with Gasteiger partial charge in [-0.15, -0.1) is 0 Å². The van der Waals surface area contributed by atoms with E-state index in [1.165, 1.54) is 10.4 Å². The van der Waals surface area contributed by atoms with E-state index in [-0.39, 0.29) is 4.90 Å². The van der Waals surface area contributed by atoms with E-state index in [1.54, 1.807) is 18.2 Å². The Morgan fingerprint density at radius 1 is 1.19 bits per heavy atom. The van der Waals surface area contributed by atoms with Crippen molar-refractivity contribution in [1.29, 1.82) is 5.26 Å². The topological polar surface area (TPSA) is 76.4 Å². The number of nitrogens with one attached hydrogen (secondary N) is 1. The lowest BCUT2D eigenvalue weighted by molar-refractivity contribution is 0.103. The van der Waals surface area contributed by atoms with E-state index in [4.69, 9.17) is 5.26 Å². The van der Waals surface area contributed by atoms with Gasteiger partial charge in [0.15, 0.2) is 0 Å². The van der Waals surface area contributed by atoms with Gasteiger partial charge in [0.25, 0.3) is 0 Å². The number of rotatable bonds is 3. The Morgan fingerprint density at radius 3 is 2.48 bits per heavy atom. The number of piperazine rings is 1.